The van der Waals surface area contributed by atoms with Crippen molar-refractivity contribution in [2.75, 3.05) is 25.1 Å². The third-order valence-electron chi connectivity index (χ3n) is 4.87. The average molecular weight is 395 g/mol. The molecule has 1 saturated heterocycles. The number of carbonyl (C=O) groups excluding carboxylic acids is 1. The van der Waals surface area contributed by atoms with Crippen LogP contribution < -0.4 is 11.1 Å². The Balaban J connectivity index is 1.57. The molecule has 1 aliphatic heterocycles. The van der Waals surface area contributed by atoms with E-state index in [0.717, 1.165) is 47.3 Å². The number of benzene rings is 1. The molecule has 7 nitrogen and oxygen atoms in total. The Labute approximate surface area is 167 Å². The van der Waals surface area contributed by atoms with Crippen molar-refractivity contribution in [3.8, 4) is 0 Å². The van der Waals surface area contributed by atoms with Crippen LogP contribution in [0.3, 0.4) is 0 Å². The summed E-state index contributed by atoms with van der Waals surface area (Å²) in [6, 6.07) is 7.71. The van der Waals surface area contributed by atoms with Crippen LogP contribution in [0.2, 0.25) is 0 Å². The summed E-state index contributed by atoms with van der Waals surface area (Å²) in [5, 5.41) is 6.03. The van der Waals surface area contributed by atoms with Gasteiger partial charge in [-0.05, 0) is 48.9 Å². The number of anilines is 1. The van der Waals surface area contributed by atoms with Crippen LogP contribution in [0, 0.1) is 6.92 Å². The molecule has 0 spiro atoms. The number of carbonyl (C=O) groups is 1. The van der Waals surface area contributed by atoms with Crippen LogP contribution in [0.5, 0.6) is 0 Å². The molecule has 1 amide bonds. The lowest BCUT2D eigenvalue weighted by Crippen LogP contribution is -2.28. The van der Waals surface area contributed by atoms with E-state index in [9.17, 15) is 4.79 Å². The van der Waals surface area contributed by atoms with Gasteiger partial charge in [-0.15, -0.1) is 11.3 Å². The summed E-state index contributed by atoms with van der Waals surface area (Å²) < 4.78 is 0. The summed E-state index contributed by atoms with van der Waals surface area (Å²) in [4.78, 5) is 28.7. The van der Waals surface area contributed by atoms with Crippen LogP contribution in [0.4, 0.5) is 5.82 Å². The van der Waals surface area contributed by atoms with Gasteiger partial charge in [0, 0.05) is 24.0 Å². The third-order valence-corrected chi connectivity index (χ3v) is 5.77. The fraction of sp³-hybridized carbons (Fsp3) is 0.300. The highest BCUT2D eigenvalue weighted by Crippen LogP contribution is 2.25. The second-order valence-corrected chi connectivity index (χ2v) is 7.71. The van der Waals surface area contributed by atoms with Crippen molar-refractivity contribution in [3.05, 3.63) is 52.0 Å². The molecule has 3 N–H and O–H groups in total. The average Bonchev–Trinajstić information content (AvgIpc) is 3.41. The van der Waals surface area contributed by atoms with E-state index < -0.39 is 0 Å². The number of amidine groups is 1. The van der Waals surface area contributed by atoms with Gasteiger partial charge in [-0.3, -0.25) is 4.79 Å². The Morgan fingerprint density at radius 2 is 2.14 bits per heavy atom. The number of nitrogens with two attached hydrogens (primary N) is 1. The van der Waals surface area contributed by atoms with E-state index in [4.69, 9.17) is 5.73 Å². The van der Waals surface area contributed by atoms with Crippen LogP contribution in [0.25, 0.3) is 10.9 Å². The van der Waals surface area contributed by atoms with Gasteiger partial charge in [0.1, 0.15) is 24.6 Å². The Morgan fingerprint density at radius 3 is 2.89 bits per heavy atom. The molecule has 144 valence electrons. The number of nitrogens with zero attached hydrogens (tertiary/aromatic N) is 4. The van der Waals surface area contributed by atoms with E-state index in [1.807, 2.05) is 41.5 Å². The van der Waals surface area contributed by atoms with E-state index in [-0.39, 0.29) is 5.91 Å². The number of nitrogens with one attached hydrogen (secondary N) is 1. The lowest BCUT2D eigenvalue weighted by atomic mass is 10.0. The Kier molecular flexibility index (Phi) is 5.21. The van der Waals surface area contributed by atoms with Gasteiger partial charge in [-0.25, -0.2) is 15.0 Å². The molecule has 28 heavy (non-hydrogen) atoms. The summed E-state index contributed by atoms with van der Waals surface area (Å²) in [5.41, 5.74) is 8.36. The van der Waals surface area contributed by atoms with Gasteiger partial charge in [0.15, 0.2) is 0 Å². The minimum absolute atomic E-state index is 0.0818. The van der Waals surface area contributed by atoms with Gasteiger partial charge >= 0.3 is 0 Å². The normalized spacial score (nSPS) is 14.6. The summed E-state index contributed by atoms with van der Waals surface area (Å²) in [5.74, 6) is 1.25. The molecule has 1 fully saturated rings. The largest absolute Gasteiger partial charge is 0.383 e. The topological polar surface area (TPSA) is 96.5 Å². The van der Waals surface area contributed by atoms with Crippen molar-refractivity contribution < 1.29 is 4.79 Å². The first-order chi connectivity index (χ1) is 13.6. The number of aryl methyl sites for hydroxylation is 1. The molecule has 8 heteroatoms. The maximum atomic E-state index is 12.8. The number of hydrogen-bond donors (Lipinski definition) is 2. The molecule has 0 bridgehead atoms. The summed E-state index contributed by atoms with van der Waals surface area (Å²) in [6.45, 7) is 3.92. The van der Waals surface area contributed by atoms with E-state index in [2.05, 4.69) is 20.3 Å². The summed E-state index contributed by atoms with van der Waals surface area (Å²) in [6.07, 6.45) is 3.64. The zero-order chi connectivity index (χ0) is 19.5. The first-order valence-electron chi connectivity index (χ1n) is 9.26. The van der Waals surface area contributed by atoms with Crippen molar-refractivity contribution in [1.29, 1.82) is 0 Å². The van der Waals surface area contributed by atoms with E-state index >= 15 is 0 Å². The second kappa shape index (κ2) is 7.93. The SMILES string of the molecule is Cc1cc2c(NCN=C(N)c3cccs3)ncnc2cc1C(=O)N1CCCC1. The highest BCUT2D eigenvalue weighted by atomic mass is 32.1. The maximum absolute atomic E-state index is 12.8. The van der Waals surface area contributed by atoms with Gasteiger partial charge in [0.05, 0.1) is 10.4 Å². The monoisotopic (exact) mass is 394 g/mol. The predicted molar refractivity (Wildman–Crippen MR) is 113 cm³/mol. The summed E-state index contributed by atoms with van der Waals surface area (Å²) in [7, 11) is 0. The molecule has 3 heterocycles. The number of fused-ring (bicyclic) bond motifs is 1. The molecule has 2 aromatic heterocycles. The van der Waals surface area contributed by atoms with Crippen LogP contribution in [-0.2, 0) is 0 Å². The molecule has 0 atom stereocenters. The van der Waals surface area contributed by atoms with Crippen LogP contribution in [0.15, 0.2) is 41.0 Å². The fourth-order valence-corrected chi connectivity index (χ4v) is 4.02. The van der Waals surface area contributed by atoms with Crippen LogP contribution >= 0.6 is 11.3 Å². The molecule has 0 radical (unpaired) electrons. The van der Waals surface area contributed by atoms with Gasteiger partial charge in [-0.2, -0.15) is 0 Å². The number of thiophene rings is 1. The number of rotatable bonds is 5. The number of aliphatic imine (C=N–C) groups is 1. The smallest absolute Gasteiger partial charge is 0.254 e. The fourth-order valence-electron chi connectivity index (χ4n) is 3.37. The maximum Gasteiger partial charge on any atom is 0.254 e. The van der Waals surface area contributed by atoms with E-state index in [1.165, 1.54) is 6.33 Å². The van der Waals surface area contributed by atoms with E-state index in [1.54, 1.807) is 11.3 Å². The molecular formula is C20H22N6OS. The molecule has 3 aromatic rings. The number of aromatic nitrogens is 2. The quantitative estimate of drug-likeness (QED) is 0.512. The zero-order valence-corrected chi connectivity index (χ0v) is 16.5. The number of amides is 1. The van der Waals surface area contributed by atoms with Gasteiger partial charge in [-0.1, -0.05) is 6.07 Å². The Hall–Kier alpha value is -3.00. The number of likely N-dealkylation sites (tertiary alicyclic amines) is 1. The third kappa shape index (κ3) is 3.68. The second-order valence-electron chi connectivity index (χ2n) is 6.76. The van der Waals surface area contributed by atoms with Crippen molar-refractivity contribution in [3.63, 3.8) is 0 Å². The molecular weight excluding hydrogens is 372 g/mol. The predicted octanol–water partition coefficient (Wildman–Crippen LogP) is 3.01. The van der Waals surface area contributed by atoms with Gasteiger partial charge in [0.2, 0.25) is 0 Å². The van der Waals surface area contributed by atoms with E-state index in [0.29, 0.717) is 23.9 Å². The lowest BCUT2D eigenvalue weighted by molar-refractivity contribution is 0.0792. The molecule has 0 unspecified atom stereocenters. The molecule has 0 saturated carbocycles. The van der Waals surface area contributed by atoms with Crippen molar-refractivity contribution >= 4 is 39.8 Å². The van der Waals surface area contributed by atoms with Crippen LogP contribution in [0.1, 0.15) is 33.6 Å². The van der Waals surface area contributed by atoms with Gasteiger partial charge in [0.25, 0.3) is 5.91 Å². The number of hydrogen-bond acceptors (Lipinski definition) is 6. The first-order valence-corrected chi connectivity index (χ1v) is 10.1. The Bertz CT molecular complexity index is 1020. The zero-order valence-electron chi connectivity index (χ0n) is 15.7. The lowest BCUT2D eigenvalue weighted by Gasteiger charge is -2.17. The van der Waals surface area contributed by atoms with Crippen molar-refractivity contribution in [2.45, 2.75) is 19.8 Å². The van der Waals surface area contributed by atoms with Gasteiger partial charge < -0.3 is 16.0 Å². The molecule has 1 aromatic carbocycles. The minimum Gasteiger partial charge on any atom is -0.383 e. The van der Waals surface area contributed by atoms with Crippen LogP contribution in [-0.4, -0.2) is 46.4 Å². The standard InChI is InChI=1S/C20H22N6OS/c1-13-9-15-16(10-14(13)20(27)26-6-2-3-7-26)22-11-24-19(15)25-12-23-18(21)17-5-4-8-28-17/h4-5,8-11H,2-3,6-7,12H2,1H3,(H2,21,23)(H,22,24,25). The van der Waals surface area contributed by atoms with Crippen molar-refractivity contribution in [2.24, 2.45) is 10.7 Å². The minimum atomic E-state index is 0.0818. The highest BCUT2D eigenvalue weighted by Gasteiger charge is 2.21. The molecule has 4 rings (SSSR count). The van der Waals surface area contributed by atoms with Crippen molar-refractivity contribution in [1.82, 2.24) is 14.9 Å². The highest BCUT2D eigenvalue weighted by molar-refractivity contribution is 7.12. The molecule has 1 aliphatic rings. The summed E-state index contributed by atoms with van der Waals surface area (Å²) >= 11 is 1.55. The first kappa shape index (κ1) is 18.4. The molecule has 0 aliphatic carbocycles. The Morgan fingerprint density at radius 1 is 1.32 bits per heavy atom.